The van der Waals surface area contributed by atoms with Crippen molar-refractivity contribution in [2.45, 2.75) is 0 Å². The molecule has 0 saturated heterocycles. The van der Waals surface area contributed by atoms with Crippen LogP contribution < -0.4 is 5.73 Å². The van der Waals surface area contributed by atoms with Gasteiger partial charge in [0.2, 0.25) is 5.91 Å². The summed E-state index contributed by atoms with van der Waals surface area (Å²) in [4.78, 5) is 11.2. The van der Waals surface area contributed by atoms with Crippen LogP contribution >= 0.6 is 11.6 Å². The highest BCUT2D eigenvalue weighted by Crippen LogP contribution is 2.27. The molecular formula is C14H10ClN3O. The van der Waals surface area contributed by atoms with Gasteiger partial charge < -0.3 is 5.73 Å². The highest BCUT2D eigenvalue weighted by atomic mass is 35.5. The Morgan fingerprint density at radius 3 is 2.58 bits per heavy atom. The van der Waals surface area contributed by atoms with E-state index >= 15 is 0 Å². The number of hydrogen-bond acceptors (Lipinski definition) is 2. The molecule has 0 atom stereocenters. The van der Waals surface area contributed by atoms with Crippen molar-refractivity contribution in [1.82, 2.24) is 10.2 Å². The lowest BCUT2D eigenvalue weighted by molar-refractivity contribution is 0.100. The van der Waals surface area contributed by atoms with Crippen LogP contribution in [-0.4, -0.2) is 16.1 Å². The third-order valence-electron chi connectivity index (χ3n) is 2.97. The van der Waals surface area contributed by atoms with Gasteiger partial charge in [0.15, 0.2) is 0 Å². The summed E-state index contributed by atoms with van der Waals surface area (Å²) in [6, 6.07) is 12.6. The number of aromatic amines is 1. The third kappa shape index (κ3) is 2.06. The second-order valence-electron chi connectivity index (χ2n) is 4.20. The molecule has 0 bridgehead atoms. The molecule has 0 aliphatic heterocycles. The Kier molecular flexibility index (Phi) is 2.72. The number of benzene rings is 2. The number of carbonyl (C=O) groups excluding carboxylic acids is 1. The van der Waals surface area contributed by atoms with Gasteiger partial charge >= 0.3 is 0 Å². The highest BCUT2D eigenvalue weighted by molar-refractivity contribution is 6.30. The van der Waals surface area contributed by atoms with E-state index in [1.165, 1.54) is 0 Å². The molecule has 1 amide bonds. The molecule has 1 aromatic heterocycles. The molecule has 94 valence electrons. The first-order valence-electron chi connectivity index (χ1n) is 5.69. The number of amides is 1. The minimum Gasteiger partial charge on any atom is -0.366 e. The molecule has 0 fully saturated rings. The molecule has 3 aromatic rings. The van der Waals surface area contributed by atoms with Crippen molar-refractivity contribution in [2.75, 3.05) is 0 Å². The monoisotopic (exact) mass is 271 g/mol. The van der Waals surface area contributed by atoms with Crippen molar-refractivity contribution >= 4 is 28.4 Å². The Morgan fingerprint density at radius 2 is 1.89 bits per heavy atom. The minimum atomic E-state index is -0.454. The van der Waals surface area contributed by atoms with Gasteiger partial charge in [0, 0.05) is 21.5 Å². The average molecular weight is 272 g/mol. The number of nitrogens with one attached hydrogen (secondary N) is 1. The molecule has 0 saturated carbocycles. The van der Waals surface area contributed by atoms with Gasteiger partial charge in [-0.1, -0.05) is 23.7 Å². The fourth-order valence-electron chi connectivity index (χ4n) is 2.00. The Hall–Kier alpha value is -2.33. The zero-order valence-electron chi connectivity index (χ0n) is 9.85. The predicted molar refractivity (Wildman–Crippen MR) is 75.1 cm³/mol. The Balaban J connectivity index is 2.21. The van der Waals surface area contributed by atoms with Gasteiger partial charge in [0.05, 0.1) is 11.2 Å². The molecule has 19 heavy (non-hydrogen) atoms. The fourth-order valence-corrected chi connectivity index (χ4v) is 2.12. The summed E-state index contributed by atoms with van der Waals surface area (Å²) in [6.07, 6.45) is 0. The molecule has 1 heterocycles. The second kappa shape index (κ2) is 4.40. The van der Waals surface area contributed by atoms with Crippen LogP contribution in [0, 0.1) is 0 Å². The van der Waals surface area contributed by atoms with E-state index in [9.17, 15) is 4.79 Å². The number of nitrogens with two attached hydrogens (primary N) is 1. The minimum absolute atomic E-state index is 0.454. The topological polar surface area (TPSA) is 71.8 Å². The van der Waals surface area contributed by atoms with Gasteiger partial charge in [-0.3, -0.25) is 9.89 Å². The lowest BCUT2D eigenvalue weighted by atomic mass is 10.1. The Bertz CT molecular complexity index is 762. The van der Waals surface area contributed by atoms with E-state index in [-0.39, 0.29) is 0 Å². The molecule has 3 rings (SSSR count). The molecule has 0 radical (unpaired) electrons. The number of fused-ring (bicyclic) bond motifs is 1. The SMILES string of the molecule is NC(=O)c1ccc2[nH]nc(-c3ccc(Cl)cc3)c2c1. The van der Waals surface area contributed by atoms with Gasteiger partial charge in [-0.15, -0.1) is 0 Å². The molecule has 0 unspecified atom stereocenters. The molecule has 3 N–H and O–H groups in total. The van der Waals surface area contributed by atoms with Crippen LogP contribution in [0.15, 0.2) is 42.5 Å². The maximum absolute atomic E-state index is 11.2. The van der Waals surface area contributed by atoms with E-state index < -0.39 is 5.91 Å². The smallest absolute Gasteiger partial charge is 0.248 e. The lowest BCUT2D eigenvalue weighted by Gasteiger charge is -1.99. The van der Waals surface area contributed by atoms with E-state index in [1.54, 1.807) is 30.3 Å². The number of halogens is 1. The number of aromatic nitrogens is 2. The fraction of sp³-hybridized carbons (Fsp3) is 0. The maximum Gasteiger partial charge on any atom is 0.248 e. The van der Waals surface area contributed by atoms with E-state index in [0.717, 1.165) is 22.2 Å². The van der Waals surface area contributed by atoms with Crippen molar-refractivity contribution in [3.05, 3.63) is 53.1 Å². The molecule has 0 aliphatic rings. The summed E-state index contributed by atoms with van der Waals surface area (Å²) in [6.45, 7) is 0. The number of H-pyrrole nitrogens is 1. The van der Waals surface area contributed by atoms with Crippen molar-refractivity contribution in [2.24, 2.45) is 5.73 Å². The largest absolute Gasteiger partial charge is 0.366 e. The van der Waals surface area contributed by atoms with Crippen LogP contribution in [0.3, 0.4) is 0 Å². The van der Waals surface area contributed by atoms with Crippen LogP contribution in [0.2, 0.25) is 5.02 Å². The zero-order valence-corrected chi connectivity index (χ0v) is 10.6. The number of hydrogen-bond donors (Lipinski definition) is 2. The van der Waals surface area contributed by atoms with Crippen molar-refractivity contribution in [3.63, 3.8) is 0 Å². The summed E-state index contributed by atoms with van der Waals surface area (Å²) in [5.74, 6) is -0.454. The number of primary amides is 1. The number of rotatable bonds is 2. The second-order valence-corrected chi connectivity index (χ2v) is 4.64. The van der Waals surface area contributed by atoms with E-state index in [4.69, 9.17) is 17.3 Å². The number of nitrogens with zero attached hydrogens (tertiary/aromatic N) is 1. The van der Waals surface area contributed by atoms with Gasteiger partial charge in [-0.05, 0) is 30.3 Å². The van der Waals surface area contributed by atoms with Crippen LogP contribution in [-0.2, 0) is 0 Å². The first-order chi connectivity index (χ1) is 9.15. The Morgan fingerprint density at radius 1 is 1.16 bits per heavy atom. The van der Waals surface area contributed by atoms with Crippen molar-refractivity contribution < 1.29 is 4.79 Å². The zero-order chi connectivity index (χ0) is 13.4. The van der Waals surface area contributed by atoms with Crippen molar-refractivity contribution in [1.29, 1.82) is 0 Å². The number of carbonyl (C=O) groups is 1. The summed E-state index contributed by atoms with van der Waals surface area (Å²) in [5, 5.41) is 8.74. The van der Waals surface area contributed by atoms with Gasteiger partial charge in [-0.2, -0.15) is 5.10 Å². The normalized spacial score (nSPS) is 10.8. The van der Waals surface area contributed by atoms with Crippen LogP contribution in [0.5, 0.6) is 0 Å². The molecule has 4 nitrogen and oxygen atoms in total. The third-order valence-corrected chi connectivity index (χ3v) is 3.22. The van der Waals surface area contributed by atoms with E-state index in [0.29, 0.717) is 10.6 Å². The summed E-state index contributed by atoms with van der Waals surface area (Å²) in [5.41, 5.74) is 8.31. The van der Waals surface area contributed by atoms with E-state index in [1.807, 2.05) is 12.1 Å². The van der Waals surface area contributed by atoms with Crippen LogP contribution in [0.1, 0.15) is 10.4 Å². The molecule has 5 heteroatoms. The first-order valence-corrected chi connectivity index (χ1v) is 6.07. The lowest BCUT2D eigenvalue weighted by Crippen LogP contribution is -2.10. The first kappa shape index (κ1) is 11.7. The summed E-state index contributed by atoms with van der Waals surface area (Å²) < 4.78 is 0. The molecule has 2 aromatic carbocycles. The highest BCUT2D eigenvalue weighted by Gasteiger charge is 2.10. The molecular weight excluding hydrogens is 262 g/mol. The average Bonchev–Trinajstić information content (AvgIpc) is 2.82. The van der Waals surface area contributed by atoms with Gasteiger partial charge in [-0.25, -0.2) is 0 Å². The summed E-state index contributed by atoms with van der Waals surface area (Å²) in [7, 11) is 0. The van der Waals surface area contributed by atoms with Crippen molar-refractivity contribution in [3.8, 4) is 11.3 Å². The van der Waals surface area contributed by atoms with Crippen LogP contribution in [0.4, 0.5) is 0 Å². The van der Waals surface area contributed by atoms with Crippen LogP contribution in [0.25, 0.3) is 22.2 Å². The van der Waals surface area contributed by atoms with Gasteiger partial charge in [0.1, 0.15) is 0 Å². The Labute approximate surface area is 114 Å². The molecule has 0 spiro atoms. The maximum atomic E-state index is 11.2. The van der Waals surface area contributed by atoms with Gasteiger partial charge in [0.25, 0.3) is 0 Å². The summed E-state index contributed by atoms with van der Waals surface area (Å²) >= 11 is 5.87. The quantitative estimate of drug-likeness (QED) is 0.752. The molecule has 0 aliphatic carbocycles. The predicted octanol–water partition coefficient (Wildman–Crippen LogP) is 2.98. The standard InChI is InChI=1S/C14H10ClN3O/c15-10-4-1-8(2-5-10)13-11-7-9(14(16)19)3-6-12(11)17-18-13/h1-7H,(H2,16,19)(H,17,18). The van der Waals surface area contributed by atoms with E-state index in [2.05, 4.69) is 10.2 Å².